The molecule has 2 rings (SSSR count). The standard InChI is InChI=1S/C12H14ClIN2O/c13-9-3-4-11(10(14)5-9)15-7-12(17)16-6-8-1-2-8/h3-5,8,15H,1-2,6-7H2,(H,16,17). The van der Waals surface area contributed by atoms with Crippen molar-refractivity contribution in [2.24, 2.45) is 5.92 Å². The molecule has 3 nitrogen and oxygen atoms in total. The molecule has 0 spiro atoms. The number of amides is 1. The summed E-state index contributed by atoms with van der Waals surface area (Å²) in [7, 11) is 0. The van der Waals surface area contributed by atoms with E-state index in [2.05, 4.69) is 33.2 Å². The van der Waals surface area contributed by atoms with E-state index in [1.807, 2.05) is 18.2 Å². The van der Waals surface area contributed by atoms with Crippen LogP contribution in [0, 0.1) is 9.49 Å². The zero-order chi connectivity index (χ0) is 12.3. The predicted octanol–water partition coefficient (Wildman–Crippen LogP) is 2.88. The van der Waals surface area contributed by atoms with Gasteiger partial charge in [0.2, 0.25) is 5.91 Å². The van der Waals surface area contributed by atoms with Gasteiger partial charge in [-0.3, -0.25) is 4.79 Å². The van der Waals surface area contributed by atoms with Crippen molar-refractivity contribution in [3.63, 3.8) is 0 Å². The van der Waals surface area contributed by atoms with Gasteiger partial charge in [-0.05, 0) is 59.5 Å². The maximum Gasteiger partial charge on any atom is 0.239 e. The Hall–Kier alpha value is -0.490. The first-order valence-corrected chi connectivity index (χ1v) is 7.06. The molecule has 0 saturated heterocycles. The lowest BCUT2D eigenvalue weighted by molar-refractivity contribution is -0.119. The van der Waals surface area contributed by atoms with Gasteiger partial charge in [0, 0.05) is 20.8 Å². The van der Waals surface area contributed by atoms with E-state index in [0.717, 1.165) is 21.7 Å². The monoisotopic (exact) mass is 364 g/mol. The average molecular weight is 365 g/mol. The number of anilines is 1. The summed E-state index contributed by atoms with van der Waals surface area (Å²) in [6.07, 6.45) is 2.51. The van der Waals surface area contributed by atoms with E-state index in [9.17, 15) is 4.79 Å². The molecule has 0 atom stereocenters. The van der Waals surface area contributed by atoms with E-state index >= 15 is 0 Å². The molecule has 1 saturated carbocycles. The number of benzene rings is 1. The molecule has 0 heterocycles. The fraction of sp³-hybridized carbons (Fsp3) is 0.417. The van der Waals surface area contributed by atoms with Crippen LogP contribution in [0.2, 0.25) is 5.02 Å². The average Bonchev–Trinajstić information content (AvgIpc) is 3.09. The number of hydrogen-bond donors (Lipinski definition) is 2. The Morgan fingerprint density at radius 3 is 2.88 bits per heavy atom. The van der Waals surface area contributed by atoms with Gasteiger partial charge in [-0.25, -0.2) is 0 Å². The molecule has 17 heavy (non-hydrogen) atoms. The quantitative estimate of drug-likeness (QED) is 0.789. The van der Waals surface area contributed by atoms with Crippen molar-refractivity contribution in [1.29, 1.82) is 0 Å². The number of carbonyl (C=O) groups is 1. The summed E-state index contributed by atoms with van der Waals surface area (Å²) in [4.78, 5) is 11.5. The third-order valence-electron chi connectivity index (χ3n) is 2.66. The van der Waals surface area contributed by atoms with Gasteiger partial charge in [0.15, 0.2) is 0 Å². The van der Waals surface area contributed by atoms with Crippen LogP contribution >= 0.6 is 34.2 Å². The lowest BCUT2D eigenvalue weighted by atomic mass is 10.3. The second-order valence-corrected chi connectivity index (χ2v) is 5.82. The Labute approximate surface area is 119 Å². The Bertz CT molecular complexity index is 421. The zero-order valence-corrected chi connectivity index (χ0v) is 12.2. The maximum atomic E-state index is 11.5. The summed E-state index contributed by atoms with van der Waals surface area (Å²) >= 11 is 8.06. The predicted molar refractivity (Wildman–Crippen MR) is 78.4 cm³/mol. The second kappa shape index (κ2) is 5.91. The van der Waals surface area contributed by atoms with Crippen molar-refractivity contribution in [2.75, 3.05) is 18.4 Å². The summed E-state index contributed by atoms with van der Waals surface area (Å²) in [5.74, 6) is 0.761. The highest BCUT2D eigenvalue weighted by Crippen LogP contribution is 2.27. The first kappa shape index (κ1) is 13.0. The highest BCUT2D eigenvalue weighted by molar-refractivity contribution is 14.1. The molecule has 0 unspecified atom stereocenters. The van der Waals surface area contributed by atoms with Crippen molar-refractivity contribution in [2.45, 2.75) is 12.8 Å². The molecule has 1 aliphatic carbocycles. The summed E-state index contributed by atoms with van der Waals surface area (Å²) in [6.45, 7) is 1.13. The van der Waals surface area contributed by atoms with Crippen molar-refractivity contribution in [1.82, 2.24) is 5.32 Å². The van der Waals surface area contributed by atoms with Gasteiger partial charge in [0.25, 0.3) is 0 Å². The minimum atomic E-state index is 0.0441. The lowest BCUT2D eigenvalue weighted by Crippen LogP contribution is -2.31. The Kier molecular flexibility index (Phi) is 4.50. The van der Waals surface area contributed by atoms with Crippen LogP contribution in [0.5, 0.6) is 0 Å². The van der Waals surface area contributed by atoms with Crippen LogP contribution in [0.15, 0.2) is 18.2 Å². The molecule has 0 bridgehead atoms. The van der Waals surface area contributed by atoms with Gasteiger partial charge in [-0.2, -0.15) is 0 Å². The Morgan fingerprint density at radius 1 is 1.47 bits per heavy atom. The second-order valence-electron chi connectivity index (χ2n) is 4.23. The molecular weight excluding hydrogens is 351 g/mol. The first-order valence-electron chi connectivity index (χ1n) is 5.61. The fourth-order valence-electron chi connectivity index (χ4n) is 1.45. The van der Waals surface area contributed by atoms with Gasteiger partial charge in [0.05, 0.1) is 6.54 Å². The van der Waals surface area contributed by atoms with Crippen LogP contribution in [-0.2, 0) is 4.79 Å². The molecule has 1 amide bonds. The van der Waals surface area contributed by atoms with Crippen molar-refractivity contribution >= 4 is 45.8 Å². The van der Waals surface area contributed by atoms with E-state index in [0.29, 0.717) is 11.6 Å². The van der Waals surface area contributed by atoms with Crippen LogP contribution in [-0.4, -0.2) is 19.0 Å². The van der Waals surface area contributed by atoms with Crippen molar-refractivity contribution in [3.05, 3.63) is 26.8 Å². The minimum Gasteiger partial charge on any atom is -0.375 e. The van der Waals surface area contributed by atoms with E-state index in [1.165, 1.54) is 12.8 Å². The van der Waals surface area contributed by atoms with Crippen molar-refractivity contribution < 1.29 is 4.79 Å². The molecule has 0 aliphatic heterocycles. The zero-order valence-electron chi connectivity index (χ0n) is 9.30. The molecular formula is C12H14ClIN2O. The Morgan fingerprint density at radius 2 is 2.24 bits per heavy atom. The smallest absolute Gasteiger partial charge is 0.239 e. The fourth-order valence-corrected chi connectivity index (χ4v) is 2.51. The van der Waals surface area contributed by atoms with Crippen LogP contribution in [0.25, 0.3) is 0 Å². The maximum absolute atomic E-state index is 11.5. The van der Waals surface area contributed by atoms with Gasteiger partial charge < -0.3 is 10.6 Å². The molecule has 1 fully saturated rings. The third-order valence-corrected chi connectivity index (χ3v) is 3.78. The summed E-state index contributed by atoms with van der Waals surface area (Å²) in [5, 5.41) is 6.73. The third kappa shape index (κ3) is 4.35. The minimum absolute atomic E-state index is 0.0441. The van der Waals surface area contributed by atoms with E-state index in [4.69, 9.17) is 11.6 Å². The van der Waals surface area contributed by atoms with Gasteiger partial charge in [0.1, 0.15) is 0 Å². The van der Waals surface area contributed by atoms with Crippen LogP contribution in [0.3, 0.4) is 0 Å². The lowest BCUT2D eigenvalue weighted by Gasteiger charge is -2.09. The van der Waals surface area contributed by atoms with Gasteiger partial charge >= 0.3 is 0 Å². The molecule has 5 heteroatoms. The number of rotatable bonds is 5. The number of halogens is 2. The molecule has 2 N–H and O–H groups in total. The van der Waals surface area contributed by atoms with Crippen LogP contribution in [0.4, 0.5) is 5.69 Å². The molecule has 0 radical (unpaired) electrons. The highest BCUT2D eigenvalue weighted by atomic mass is 127. The summed E-state index contributed by atoms with van der Waals surface area (Å²) in [5.41, 5.74) is 0.941. The van der Waals surface area contributed by atoms with Crippen LogP contribution < -0.4 is 10.6 Å². The molecule has 92 valence electrons. The van der Waals surface area contributed by atoms with Crippen molar-refractivity contribution in [3.8, 4) is 0 Å². The Balaban J connectivity index is 1.77. The SMILES string of the molecule is O=C(CNc1ccc(Cl)cc1I)NCC1CC1. The van der Waals surface area contributed by atoms with E-state index < -0.39 is 0 Å². The van der Waals surface area contributed by atoms with E-state index in [-0.39, 0.29) is 5.91 Å². The van der Waals surface area contributed by atoms with Gasteiger partial charge in [-0.15, -0.1) is 0 Å². The van der Waals surface area contributed by atoms with Crippen LogP contribution in [0.1, 0.15) is 12.8 Å². The van der Waals surface area contributed by atoms with E-state index in [1.54, 1.807) is 0 Å². The molecule has 1 aromatic rings. The normalized spacial score (nSPS) is 14.5. The van der Waals surface area contributed by atoms with Gasteiger partial charge in [-0.1, -0.05) is 11.6 Å². The number of nitrogens with one attached hydrogen (secondary N) is 2. The summed E-state index contributed by atoms with van der Waals surface area (Å²) in [6, 6.07) is 5.57. The molecule has 1 aliphatic rings. The largest absolute Gasteiger partial charge is 0.375 e. The number of carbonyl (C=O) groups excluding carboxylic acids is 1. The summed E-state index contributed by atoms with van der Waals surface area (Å²) < 4.78 is 1.02. The highest BCUT2D eigenvalue weighted by Gasteiger charge is 2.21. The topological polar surface area (TPSA) is 41.1 Å². The molecule has 1 aromatic carbocycles. The molecule has 0 aromatic heterocycles. The number of hydrogen-bond acceptors (Lipinski definition) is 2. The first-order chi connectivity index (χ1) is 8.15.